The molecule has 0 radical (unpaired) electrons. The van der Waals surface area contributed by atoms with E-state index in [0.717, 1.165) is 5.01 Å². The van der Waals surface area contributed by atoms with Gasteiger partial charge in [-0.25, -0.2) is 13.4 Å². The maximum absolute atomic E-state index is 12.4. The Morgan fingerprint density at radius 1 is 1.13 bits per heavy atom. The van der Waals surface area contributed by atoms with Crippen LogP contribution in [0.1, 0.15) is 43.5 Å². The van der Waals surface area contributed by atoms with E-state index in [0.29, 0.717) is 17.7 Å². The van der Waals surface area contributed by atoms with Crippen molar-refractivity contribution in [2.75, 3.05) is 11.5 Å². The number of nitrogens with one attached hydrogen (secondary N) is 2. The first-order valence-electron chi connectivity index (χ1n) is 9.62. The molecule has 2 N–H and O–H groups in total. The van der Waals surface area contributed by atoms with Crippen molar-refractivity contribution in [3.8, 4) is 5.75 Å². The van der Waals surface area contributed by atoms with Crippen molar-refractivity contribution < 1.29 is 27.5 Å². The summed E-state index contributed by atoms with van der Waals surface area (Å²) >= 11 is 0. The number of sulfone groups is 1. The summed E-state index contributed by atoms with van der Waals surface area (Å²) in [5.74, 6) is -1.03. The summed E-state index contributed by atoms with van der Waals surface area (Å²) < 4.78 is 28.9. The minimum atomic E-state index is -3.20. The summed E-state index contributed by atoms with van der Waals surface area (Å²) in [7, 11) is -3.20. The van der Waals surface area contributed by atoms with Gasteiger partial charge < -0.3 is 4.74 Å². The Kier molecular flexibility index (Phi) is 6.40. The van der Waals surface area contributed by atoms with Gasteiger partial charge in [0.1, 0.15) is 11.5 Å². The zero-order valence-corrected chi connectivity index (χ0v) is 17.6. The van der Waals surface area contributed by atoms with Gasteiger partial charge in [0.25, 0.3) is 11.8 Å². The Morgan fingerprint density at radius 2 is 1.80 bits per heavy atom. The molecular weight excluding hydrogens is 412 g/mol. The lowest BCUT2D eigenvalue weighted by molar-refractivity contribution is -0.133. The van der Waals surface area contributed by atoms with E-state index >= 15 is 0 Å². The molecule has 30 heavy (non-hydrogen) atoms. The Morgan fingerprint density at radius 3 is 2.40 bits per heavy atom. The van der Waals surface area contributed by atoms with Gasteiger partial charge in [0.2, 0.25) is 5.91 Å². The minimum Gasteiger partial charge on any atom is -0.491 e. The molecule has 0 saturated carbocycles. The second kappa shape index (κ2) is 8.82. The van der Waals surface area contributed by atoms with Crippen LogP contribution in [0.2, 0.25) is 0 Å². The highest BCUT2D eigenvalue weighted by Crippen LogP contribution is 2.22. The van der Waals surface area contributed by atoms with Gasteiger partial charge in [0, 0.05) is 18.4 Å². The second-order valence-electron chi connectivity index (χ2n) is 7.44. The summed E-state index contributed by atoms with van der Waals surface area (Å²) in [4.78, 5) is 36.7. The molecule has 0 aromatic heterocycles. The molecule has 1 saturated heterocycles. The Labute approximate surface area is 174 Å². The highest BCUT2D eigenvalue weighted by Gasteiger charge is 2.37. The van der Waals surface area contributed by atoms with Crippen LogP contribution in [-0.2, 0) is 19.4 Å². The minimum absolute atomic E-state index is 0.00441. The molecule has 3 rings (SSSR count). The Hall–Kier alpha value is -2.95. The predicted molar refractivity (Wildman–Crippen MR) is 108 cm³/mol. The maximum Gasteiger partial charge on any atom is 0.285 e. The van der Waals surface area contributed by atoms with Gasteiger partial charge in [-0.1, -0.05) is 0 Å². The molecule has 0 spiro atoms. The average molecular weight is 436 g/mol. The smallest absolute Gasteiger partial charge is 0.285 e. The number of hydrazone groups is 1. The summed E-state index contributed by atoms with van der Waals surface area (Å²) in [6, 6.07) is 5.88. The van der Waals surface area contributed by atoms with E-state index in [2.05, 4.69) is 16.0 Å². The fourth-order valence-corrected chi connectivity index (χ4v) is 4.90. The van der Waals surface area contributed by atoms with Crippen molar-refractivity contribution >= 4 is 33.3 Å². The van der Waals surface area contributed by atoms with E-state index in [-0.39, 0.29) is 42.1 Å². The predicted octanol–water partition coefficient (Wildman–Crippen LogP) is 0.400. The van der Waals surface area contributed by atoms with Gasteiger partial charge >= 0.3 is 0 Å². The van der Waals surface area contributed by atoms with Gasteiger partial charge in [0.15, 0.2) is 9.84 Å². The van der Waals surface area contributed by atoms with Crippen LogP contribution in [0.3, 0.4) is 0 Å². The lowest BCUT2D eigenvalue weighted by atomic mass is 10.1. The molecule has 2 heterocycles. The molecule has 162 valence electrons. The Bertz CT molecular complexity index is 971. The monoisotopic (exact) mass is 436 g/mol. The zero-order chi connectivity index (χ0) is 21.9. The van der Waals surface area contributed by atoms with Crippen molar-refractivity contribution in [1.82, 2.24) is 15.9 Å². The number of nitrogens with zero attached hydrogens (tertiary/aromatic N) is 2. The number of carbonyl (C=O) groups is 3. The molecule has 11 heteroatoms. The van der Waals surface area contributed by atoms with Crippen molar-refractivity contribution in [2.45, 2.75) is 45.3 Å². The lowest BCUT2D eigenvalue weighted by Crippen LogP contribution is -2.48. The third-order valence-electron chi connectivity index (χ3n) is 4.65. The zero-order valence-electron chi connectivity index (χ0n) is 16.8. The fraction of sp³-hybridized carbons (Fsp3) is 0.474. The van der Waals surface area contributed by atoms with Crippen molar-refractivity contribution in [2.24, 2.45) is 5.10 Å². The van der Waals surface area contributed by atoms with Gasteiger partial charge in [-0.05, 0) is 44.5 Å². The number of carbonyl (C=O) groups excluding carboxylic acids is 3. The number of amides is 3. The second-order valence-corrected chi connectivity index (χ2v) is 9.67. The van der Waals surface area contributed by atoms with Crippen LogP contribution in [0.4, 0.5) is 0 Å². The molecule has 10 nitrogen and oxygen atoms in total. The number of hydrogen-bond acceptors (Lipinski definition) is 7. The third kappa shape index (κ3) is 5.35. The molecule has 3 amide bonds. The van der Waals surface area contributed by atoms with E-state index < -0.39 is 27.7 Å². The van der Waals surface area contributed by atoms with E-state index in [1.807, 2.05) is 13.8 Å². The molecule has 0 aliphatic carbocycles. The van der Waals surface area contributed by atoms with Crippen LogP contribution in [-0.4, -0.2) is 60.5 Å². The van der Waals surface area contributed by atoms with Gasteiger partial charge in [-0.3, -0.25) is 25.2 Å². The topological polar surface area (TPSA) is 134 Å². The van der Waals surface area contributed by atoms with Crippen molar-refractivity contribution in [1.29, 1.82) is 0 Å². The van der Waals surface area contributed by atoms with Crippen LogP contribution in [0.5, 0.6) is 5.75 Å². The Balaban J connectivity index is 1.59. The normalized spacial score (nSPS) is 20.6. The molecule has 0 unspecified atom stereocenters. The van der Waals surface area contributed by atoms with E-state index in [1.165, 1.54) is 0 Å². The molecule has 1 fully saturated rings. The summed E-state index contributed by atoms with van der Waals surface area (Å²) in [5.41, 5.74) is 4.97. The molecule has 2 aliphatic rings. The molecular formula is C19H24N4O6S. The van der Waals surface area contributed by atoms with E-state index in [9.17, 15) is 22.8 Å². The summed E-state index contributed by atoms with van der Waals surface area (Å²) in [5, 5.41) is 5.15. The fourth-order valence-electron chi connectivity index (χ4n) is 3.20. The standard InChI is InChI=1S/C19H24N4O6S/c1-12(2)29-15-5-3-13(4-6-15)18(25)20-21-19(26)16-7-8-17(24)23(22-16)14-9-10-30(27,28)11-14/h3-6,12,14H,7-11H2,1-2H3,(H,20,25)(H,21,26)/t14-/m0/s1. The number of rotatable bonds is 5. The summed E-state index contributed by atoms with van der Waals surface area (Å²) in [6.45, 7) is 3.79. The first kappa shape index (κ1) is 21.8. The highest BCUT2D eigenvalue weighted by molar-refractivity contribution is 7.91. The highest BCUT2D eigenvalue weighted by atomic mass is 32.2. The first-order chi connectivity index (χ1) is 14.1. The maximum atomic E-state index is 12.4. The quantitative estimate of drug-likeness (QED) is 0.642. The van der Waals surface area contributed by atoms with Gasteiger partial charge in [-0.15, -0.1) is 0 Å². The van der Waals surface area contributed by atoms with E-state index in [1.54, 1.807) is 24.3 Å². The lowest BCUT2D eigenvalue weighted by Gasteiger charge is -2.27. The third-order valence-corrected chi connectivity index (χ3v) is 6.40. The first-order valence-corrected chi connectivity index (χ1v) is 11.4. The van der Waals surface area contributed by atoms with Gasteiger partial charge in [0.05, 0.1) is 23.7 Å². The van der Waals surface area contributed by atoms with Crippen LogP contribution >= 0.6 is 0 Å². The van der Waals surface area contributed by atoms with Crippen molar-refractivity contribution in [3.05, 3.63) is 29.8 Å². The largest absolute Gasteiger partial charge is 0.491 e. The molecule has 1 atom stereocenters. The molecule has 0 bridgehead atoms. The average Bonchev–Trinajstić information content (AvgIpc) is 3.06. The van der Waals surface area contributed by atoms with Crippen molar-refractivity contribution in [3.63, 3.8) is 0 Å². The van der Waals surface area contributed by atoms with Gasteiger partial charge in [-0.2, -0.15) is 5.10 Å². The SMILES string of the molecule is CC(C)Oc1ccc(C(=O)NNC(=O)C2=NN([C@H]3CCS(=O)(=O)C3)C(=O)CC2)cc1. The number of hydrazine groups is 1. The van der Waals surface area contributed by atoms with E-state index in [4.69, 9.17) is 4.74 Å². The molecule has 2 aliphatic heterocycles. The number of benzene rings is 1. The van der Waals surface area contributed by atoms with Crippen LogP contribution in [0.25, 0.3) is 0 Å². The number of ether oxygens (including phenoxy) is 1. The number of hydrogen-bond donors (Lipinski definition) is 2. The summed E-state index contributed by atoms with van der Waals surface area (Å²) in [6.07, 6.45) is 0.460. The molecule has 1 aromatic carbocycles. The molecule has 1 aromatic rings. The van der Waals surface area contributed by atoms with Crippen LogP contribution in [0, 0.1) is 0 Å². The van der Waals surface area contributed by atoms with Crippen LogP contribution in [0.15, 0.2) is 29.4 Å². The van der Waals surface area contributed by atoms with Crippen LogP contribution < -0.4 is 15.6 Å².